The zero-order chi connectivity index (χ0) is 17.1. The molecule has 0 fully saturated rings. The Labute approximate surface area is 155 Å². The molecule has 2 N–H and O–H groups in total. The van der Waals surface area contributed by atoms with Gasteiger partial charge in [-0.25, -0.2) is 0 Å². The first kappa shape index (κ1) is 17.3. The van der Waals surface area contributed by atoms with Crippen LogP contribution in [0.2, 0.25) is 0 Å². The standard InChI is InChI=1S/C17H20N4S3/c1-12-4-5-15(13(2)8-12)18-16-19-21(17(22)24-16)11-20(3)9-14-6-7-23-10-14/h4-8,10H,9,11H2,1-3H3,(H,18,19)/p+1. The van der Waals surface area contributed by atoms with Gasteiger partial charge >= 0.3 is 0 Å². The predicted octanol–water partition coefficient (Wildman–Crippen LogP) is 3.77. The summed E-state index contributed by atoms with van der Waals surface area (Å²) in [6.07, 6.45) is 0. The first-order valence-corrected chi connectivity index (χ1v) is 9.92. The number of nitrogens with one attached hydrogen (secondary N) is 2. The molecule has 3 aromatic rings. The molecule has 3 rings (SSSR count). The number of hydrogen-bond donors (Lipinski definition) is 2. The van der Waals surface area contributed by atoms with Gasteiger partial charge in [-0.1, -0.05) is 29.0 Å². The van der Waals surface area contributed by atoms with Crippen LogP contribution in [0, 0.1) is 17.8 Å². The van der Waals surface area contributed by atoms with Crippen molar-refractivity contribution in [2.24, 2.45) is 0 Å². The van der Waals surface area contributed by atoms with Crippen LogP contribution < -0.4 is 10.2 Å². The van der Waals surface area contributed by atoms with Crippen LogP contribution in [0.1, 0.15) is 16.7 Å². The fourth-order valence-electron chi connectivity index (χ4n) is 2.58. The summed E-state index contributed by atoms with van der Waals surface area (Å²) in [5, 5.41) is 13.2. The number of nitrogens with zero attached hydrogens (tertiary/aromatic N) is 2. The largest absolute Gasteiger partial charge is 0.330 e. The third-order valence-electron chi connectivity index (χ3n) is 3.74. The summed E-state index contributed by atoms with van der Waals surface area (Å²) >= 11 is 8.73. The van der Waals surface area contributed by atoms with Gasteiger partial charge in [0.15, 0.2) is 10.6 Å². The summed E-state index contributed by atoms with van der Waals surface area (Å²) in [6, 6.07) is 8.52. The maximum Gasteiger partial charge on any atom is 0.209 e. The molecule has 0 aliphatic carbocycles. The minimum Gasteiger partial charge on any atom is -0.330 e. The van der Waals surface area contributed by atoms with Crippen molar-refractivity contribution in [1.82, 2.24) is 9.78 Å². The quantitative estimate of drug-likeness (QED) is 0.642. The molecule has 2 aromatic heterocycles. The van der Waals surface area contributed by atoms with E-state index in [-0.39, 0.29) is 0 Å². The van der Waals surface area contributed by atoms with Gasteiger partial charge in [-0.05, 0) is 54.5 Å². The molecule has 4 nitrogen and oxygen atoms in total. The molecule has 0 saturated carbocycles. The van der Waals surface area contributed by atoms with Crippen LogP contribution in [0.25, 0.3) is 0 Å². The van der Waals surface area contributed by atoms with E-state index in [1.165, 1.54) is 32.9 Å². The minimum absolute atomic E-state index is 0.764. The number of aryl methyl sites for hydroxylation is 2. The number of rotatable bonds is 6. The lowest BCUT2D eigenvalue weighted by Crippen LogP contribution is -3.06. The number of anilines is 2. The van der Waals surface area contributed by atoms with Gasteiger partial charge in [-0.2, -0.15) is 16.0 Å². The predicted molar refractivity (Wildman–Crippen MR) is 105 cm³/mol. The van der Waals surface area contributed by atoms with Gasteiger partial charge in [0.2, 0.25) is 5.13 Å². The second-order valence-electron chi connectivity index (χ2n) is 6.04. The van der Waals surface area contributed by atoms with E-state index >= 15 is 0 Å². The van der Waals surface area contributed by atoms with E-state index in [1.807, 2.05) is 4.68 Å². The normalized spacial score (nSPS) is 12.3. The Hall–Kier alpha value is -1.54. The van der Waals surface area contributed by atoms with Crippen LogP contribution >= 0.6 is 34.9 Å². The molecule has 0 aliphatic heterocycles. The Kier molecular flexibility index (Phi) is 5.45. The van der Waals surface area contributed by atoms with Crippen LogP contribution in [0.4, 0.5) is 10.8 Å². The molecular weight excluding hydrogens is 356 g/mol. The average Bonchev–Trinajstić information content (AvgIpc) is 3.13. The lowest BCUT2D eigenvalue weighted by Gasteiger charge is -2.12. The summed E-state index contributed by atoms with van der Waals surface area (Å²) in [7, 11) is 2.16. The van der Waals surface area contributed by atoms with Gasteiger partial charge < -0.3 is 10.2 Å². The van der Waals surface area contributed by atoms with E-state index in [1.54, 1.807) is 11.3 Å². The molecule has 1 aromatic carbocycles. The van der Waals surface area contributed by atoms with Crippen molar-refractivity contribution in [3.63, 3.8) is 0 Å². The highest BCUT2D eigenvalue weighted by Gasteiger charge is 2.10. The van der Waals surface area contributed by atoms with Crippen LogP contribution in [0.3, 0.4) is 0 Å². The van der Waals surface area contributed by atoms with E-state index in [9.17, 15) is 0 Å². The van der Waals surface area contributed by atoms with Crippen LogP contribution in [0.5, 0.6) is 0 Å². The summed E-state index contributed by atoms with van der Waals surface area (Å²) in [5.41, 5.74) is 4.90. The van der Waals surface area contributed by atoms with Crippen molar-refractivity contribution in [2.75, 3.05) is 12.4 Å². The number of benzene rings is 1. The highest BCUT2D eigenvalue weighted by molar-refractivity contribution is 7.73. The molecule has 0 radical (unpaired) electrons. The zero-order valence-corrected chi connectivity index (χ0v) is 16.4. The lowest BCUT2D eigenvalue weighted by molar-refractivity contribution is -0.917. The molecule has 2 heterocycles. The molecule has 7 heteroatoms. The maximum atomic E-state index is 5.48. The monoisotopic (exact) mass is 377 g/mol. The van der Waals surface area contributed by atoms with Crippen molar-refractivity contribution in [3.8, 4) is 0 Å². The van der Waals surface area contributed by atoms with Crippen molar-refractivity contribution in [3.05, 3.63) is 55.7 Å². The SMILES string of the molecule is Cc1ccc(Nc2nn(C[NH+](C)Cc3ccsc3)c(=S)s2)c(C)c1. The van der Waals surface area contributed by atoms with Crippen molar-refractivity contribution in [1.29, 1.82) is 0 Å². The molecule has 126 valence electrons. The fourth-order valence-corrected chi connectivity index (χ4v) is 4.27. The molecule has 24 heavy (non-hydrogen) atoms. The van der Waals surface area contributed by atoms with Gasteiger partial charge in [0.05, 0.1) is 7.05 Å². The van der Waals surface area contributed by atoms with Crippen LogP contribution in [-0.2, 0) is 13.2 Å². The van der Waals surface area contributed by atoms with Crippen molar-refractivity contribution >= 4 is 45.7 Å². The Morgan fingerprint density at radius 2 is 2.12 bits per heavy atom. The third-order valence-corrected chi connectivity index (χ3v) is 5.69. The molecule has 0 bridgehead atoms. The second-order valence-corrected chi connectivity index (χ2v) is 8.44. The summed E-state index contributed by atoms with van der Waals surface area (Å²) in [4.78, 5) is 1.35. The minimum atomic E-state index is 0.764. The molecule has 0 aliphatic rings. The second kappa shape index (κ2) is 7.57. The lowest BCUT2D eigenvalue weighted by atomic mass is 10.1. The molecule has 0 saturated heterocycles. The first-order valence-electron chi connectivity index (χ1n) is 7.76. The number of quaternary nitrogens is 1. The molecule has 0 spiro atoms. The van der Waals surface area contributed by atoms with Gasteiger partial charge in [0.1, 0.15) is 6.54 Å². The molecule has 1 atom stereocenters. The van der Waals surface area contributed by atoms with Gasteiger partial charge in [0.25, 0.3) is 0 Å². The number of thiophene rings is 1. The van der Waals surface area contributed by atoms with E-state index in [2.05, 4.69) is 66.3 Å². The Bertz CT molecular complexity index is 864. The fraction of sp³-hybridized carbons (Fsp3) is 0.294. The highest BCUT2D eigenvalue weighted by Crippen LogP contribution is 2.23. The zero-order valence-electron chi connectivity index (χ0n) is 14.0. The van der Waals surface area contributed by atoms with Crippen molar-refractivity contribution < 1.29 is 4.90 Å². The van der Waals surface area contributed by atoms with Gasteiger partial charge in [-0.3, -0.25) is 0 Å². The maximum absolute atomic E-state index is 5.48. The van der Waals surface area contributed by atoms with Crippen LogP contribution in [0.15, 0.2) is 35.0 Å². The summed E-state index contributed by atoms with van der Waals surface area (Å²) < 4.78 is 2.71. The number of aromatic nitrogens is 2. The Morgan fingerprint density at radius 1 is 1.29 bits per heavy atom. The van der Waals surface area contributed by atoms with E-state index < -0.39 is 0 Å². The van der Waals surface area contributed by atoms with E-state index in [4.69, 9.17) is 12.2 Å². The molecular formula is C17H21N4S3+. The third kappa shape index (κ3) is 4.30. The van der Waals surface area contributed by atoms with Gasteiger partial charge in [0, 0.05) is 11.3 Å². The van der Waals surface area contributed by atoms with E-state index in [0.29, 0.717) is 0 Å². The Morgan fingerprint density at radius 3 is 2.83 bits per heavy atom. The number of hydrogen-bond acceptors (Lipinski definition) is 5. The Balaban J connectivity index is 1.69. The van der Waals surface area contributed by atoms with Crippen LogP contribution in [-0.4, -0.2) is 16.8 Å². The smallest absolute Gasteiger partial charge is 0.209 e. The summed E-state index contributed by atoms with van der Waals surface area (Å²) in [5.74, 6) is 0. The van der Waals surface area contributed by atoms with Crippen molar-refractivity contribution in [2.45, 2.75) is 27.1 Å². The molecule has 1 unspecified atom stereocenters. The highest BCUT2D eigenvalue weighted by atomic mass is 32.1. The van der Waals surface area contributed by atoms with E-state index in [0.717, 1.165) is 28.0 Å². The molecule has 0 amide bonds. The average molecular weight is 378 g/mol. The van der Waals surface area contributed by atoms with Gasteiger partial charge in [-0.15, -0.1) is 5.10 Å². The summed E-state index contributed by atoms with van der Waals surface area (Å²) in [6.45, 7) is 5.94. The first-order chi connectivity index (χ1) is 11.5. The topological polar surface area (TPSA) is 34.3 Å².